The van der Waals surface area contributed by atoms with Gasteiger partial charge in [-0.05, 0) is 30.3 Å². The summed E-state index contributed by atoms with van der Waals surface area (Å²) in [5.74, 6) is 0. The van der Waals surface area contributed by atoms with E-state index in [1.54, 1.807) is 18.2 Å². The summed E-state index contributed by atoms with van der Waals surface area (Å²) in [6.45, 7) is 0. The zero-order valence-corrected chi connectivity index (χ0v) is 13.9. The molecule has 0 aliphatic carbocycles. The van der Waals surface area contributed by atoms with Gasteiger partial charge in [0, 0.05) is 10.0 Å². The molecule has 0 fully saturated rings. The van der Waals surface area contributed by atoms with Crippen molar-refractivity contribution in [3.63, 3.8) is 0 Å². The Morgan fingerprint density at radius 1 is 0.955 bits per heavy atom. The van der Waals surface area contributed by atoms with Gasteiger partial charge in [-0.25, -0.2) is 17.9 Å². The minimum atomic E-state index is -4.11. The van der Waals surface area contributed by atoms with Gasteiger partial charge in [0.2, 0.25) is 0 Å². The monoisotopic (exact) mass is 378 g/mol. The number of carbonyl (C=O) groups excluding carboxylic acids is 1. The summed E-state index contributed by atoms with van der Waals surface area (Å²) in [6, 6.07) is 9.20. The Bertz CT molecular complexity index is 805. The maximum absolute atomic E-state index is 12.1. The first-order valence-corrected chi connectivity index (χ1v) is 8.44. The van der Waals surface area contributed by atoms with E-state index in [0.29, 0.717) is 0 Å². The van der Waals surface area contributed by atoms with E-state index in [0.717, 1.165) is 0 Å². The van der Waals surface area contributed by atoms with Crippen LogP contribution in [0.1, 0.15) is 0 Å². The standard InChI is InChI=1S/C13H9Cl3N2O3S/c14-8-5-9(15)7-10(6-8)22(20,21)18-13(19)17-12-4-2-1-3-11(12)16/h1-7H,(H2,17,18,19). The van der Waals surface area contributed by atoms with Crippen LogP contribution in [0.3, 0.4) is 0 Å². The van der Waals surface area contributed by atoms with Crippen LogP contribution < -0.4 is 10.0 Å². The zero-order chi connectivity index (χ0) is 16.3. The highest BCUT2D eigenvalue weighted by atomic mass is 35.5. The highest BCUT2D eigenvalue weighted by molar-refractivity contribution is 7.90. The van der Waals surface area contributed by atoms with E-state index in [1.807, 2.05) is 4.72 Å². The van der Waals surface area contributed by atoms with Gasteiger partial charge in [0.1, 0.15) is 0 Å². The Balaban J connectivity index is 2.18. The van der Waals surface area contributed by atoms with Crippen molar-refractivity contribution in [3.8, 4) is 0 Å². The average Bonchev–Trinajstić information content (AvgIpc) is 2.39. The highest BCUT2D eigenvalue weighted by Crippen LogP contribution is 2.23. The van der Waals surface area contributed by atoms with Gasteiger partial charge >= 0.3 is 6.03 Å². The predicted molar refractivity (Wildman–Crippen MR) is 87.3 cm³/mol. The third kappa shape index (κ3) is 4.27. The Kier molecular flexibility index (Phi) is 5.18. The van der Waals surface area contributed by atoms with Crippen LogP contribution in [0.2, 0.25) is 15.1 Å². The molecule has 0 heterocycles. The number of hydrogen-bond acceptors (Lipinski definition) is 3. The first kappa shape index (κ1) is 16.9. The van der Waals surface area contributed by atoms with E-state index >= 15 is 0 Å². The van der Waals surface area contributed by atoms with Crippen molar-refractivity contribution in [1.82, 2.24) is 4.72 Å². The molecule has 5 nitrogen and oxygen atoms in total. The van der Waals surface area contributed by atoms with E-state index in [4.69, 9.17) is 34.8 Å². The van der Waals surface area contributed by atoms with Gasteiger partial charge in [0.25, 0.3) is 10.0 Å². The Labute approximate surface area is 142 Å². The lowest BCUT2D eigenvalue weighted by Gasteiger charge is -2.10. The number of halogens is 3. The molecule has 116 valence electrons. The molecule has 9 heteroatoms. The van der Waals surface area contributed by atoms with Crippen molar-refractivity contribution in [2.45, 2.75) is 4.90 Å². The third-order valence-electron chi connectivity index (χ3n) is 2.50. The van der Waals surface area contributed by atoms with Crippen LogP contribution in [0, 0.1) is 0 Å². The van der Waals surface area contributed by atoms with Crippen molar-refractivity contribution in [1.29, 1.82) is 0 Å². The lowest BCUT2D eigenvalue weighted by Crippen LogP contribution is -2.34. The number of benzene rings is 2. The molecule has 0 spiro atoms. The predicted octanol–water partition coefficient (Wildman–Crippen LogP) is 4.16. The molecule has 2 N–H and O–H groups in total. The maximum Gasteiger partial charge on any atom is 0.333 e. The molecular formula is C13H9Cl3N2O3S. The van der Waals surface area contributed by atoms with Crippen LogP contribution in [0.15, 0.2) is 47.4 Å². The smallest absolute Gasteiger partial charge is 0.306 e. The normalized spacial score (nSPS) is 11.0. The fourth-order valence-corrected chi connectivity index (χ4v) is 3.39. The number of hydrogen-bond donors (Lipinski definition) is 2. The number of urea groups is 1. The van der Waals surface area contributed by atoms with E-state index < -0.39 is 16.1 Å². The second-order valence-corrected chi connectivity index (χ2v) is 7.11. The lowest BCUT2D eigenvalue weighted by atomic mass is 10.3. The minimum Gasteiger partial charge on any atom is -0.306 e. The van der Waals surface area contributed by atoms with E-state index in [9.17, 15) is 13.2 Å². The van der Waals surface area contributed by atoms with Gasteiger partial charge in [-0.3, -0.25) is 0 Å². The quantitative estimate of drug-likeness (QED) is 0.841. The molecule has 0 aliphatic heterocycles. The fraction of sp³-hybridized carbons (Fsp3) is 0. The van der Waals surface area contributed by atoms with Crippen LogP contribution >= 0.6 is 34.8 Å². The number of rotatable bonds is 3. The summed E-state index contributed by atoms with van der Waals surface area (Å²) in [6.07, 6.45) is 0. The van der Waals surface area contributed by atoms with Crippen molar-refractivity contribution >= 4 is 56.5 Å². The fourth-order valence-electron chi connectivity index (χ4n) is 1.58. The summed E-state index contributed by atoms with van der Waals surface area (Å²) < 4.78 is 26.0. The highest BCUT2D eigenvalue weighted by Gasteiger charge is 2.19. The Morgan fingerprint density at radius 2 is 1.55 bits per heavy atom. The zero-order valence-electron chi connectivity index (χ0n) is 10.8. The Hall–Kier alpha value is -1.47. The van der Waals surface area contributed by atoms with E-state index in [2.05, 4.69) is 5.32 Å². The van der Waals surface area contributed by atoms with E-state index in [-0.39, 0.29) is 25.7 Å². The van der Waals surface area contributed by atoms with Crippen LogP contribution in [-0.4, -0.2) is 14.4 Å². The van der Waals surface area contributed by atoms with Gasteiger partial charge in [-0.1, -0.05) is 46.9 Å². The third-order valence-corrected chi connectivity index (χ3v) is 4.57. The maximum atomic E-state index is 12.1. The van der Waals surface area contributed by atoms with Crippen LogP contribution in [0.25, 0.3) is 0 Å². The van der Waals surface area contributed by atoms with Gasteiger partial charge in [-0.15, -0.1) is 0 Å². The van der Waals surface area contributed by atoms with Crippen molar-refractivity contribution in [2.24, 2.45) is 0 Å². The second kappa shape index (κ2) is 6.75. The molecule has 0 atom stereocenters. The molecular weight excluding hydrogens is 371 g/mol. The minimum absolute atomic E-state index is 0.138. The summed E-state index contributed by atoms with van der Waals surface area (Å²) >= 11 is 17.4. The van der Waals surface area contributed by atoms with Gasteiger partial charge in [0.05, 0.1) is 15.6 Å². The topological polar surface area (TPSA) is 75.3 Å². The number of sulfonamides is 1. The number of carbonyl (C=O) groups is 1. The van der Waals surface area contributed by atoms with Crippen LogP contribution in [-0.2, 0) is 10.0 Å². The number of anilines is 1. The molecule has 2 rings (SSSR count). The molecule has 0 saturated carbocycles. The van der Waals surface area contributed by atoms with Crippen LogP contribution in [0.4, 0.5) is 10.5 Å². The largest absolute Gasteiger partial charge is 0.333 e. The molecule has 22 heavy (non-hydrogen) atoms. The van der Waals surface area contributed by atoms with E-state index in [1.165, 1.54) is 24.3 Å². The van der Waals surface area contributed by atoms with Gasteiger partial charge in [0.15, 0.2) is 0 Å². The molecule has 0 radical (unpaired) electrons. The van der Waals surface area contributed by atoms with Crippen LogP contribution in [0.5, 0.6) is 0 Å². The number of para-hydroxylation sites is 1. The molecule has 2 amide bonds. The molecule has 0 bridgehead atoms. The van der Waals surface area contributed by atoms with Gasteiger partial charge in [-0.2, -0.15) is 0 Å². The first-order chi connectivity index (χ1) is 10.3. The second-order valence-electron chi connectivity index (χ2n) is 4.14. The summed E-state index contributed by atoms with van der Waals surface area (Å²) in [5.41, 5.74) is 0.279. The first-order valence-electron chi connectivity index (χ1n) is 5.82. The molecule has 2 aromatic rings. The number of nitrogens with one attached hydrogen (secondary N) is 2. The Morgan fingerprint density at radius 3 is 2.14 bits per heavy atom. The summed E-state index contributed by atoms with van der Waals surface area (Å²) in [5, 5.41) is 2.89. The molecule has 0 aromatic heterocycles. The molecule has 0 saturated heterocycles. The average molecular weight is 380 g/mol. The molecule has 0 aliphatic rings. The molecule has 0 unspecified atom stereocenters. The van der Waals surface area contributed by atoms with Crippen molar-refractivity contribution in [3.05, 3.63) is 57.5 Å². The van der Waals surface area contributed by atoms with Crippen molar-refractivity contribution in [2.75, 3.05) is 5.32 Å². The summed E-state index contributed by atoms with van der Waals surface area (Å²) in [4.78, 5) is 11.6. The number of amides is 2. The SMILES string of the molecule is O=C(Nc1ccccc1Cl)NS(=O)(=O)c1cc(Cl)cc(Cl)c1. The molecule has 2 aromatic carbocycles. The lowest BCUT2D eigenvalue weighted by molar-refractivity contribution is 0.256. The van der Waals surface area contributed by atoms with Crippen molar-refractivity contribution < 1.29 is 13.2 Å². The van der Waals surface area contributed by atoms with Gasteiger partial charge < -0.3 is 5.32 Å². The summed E-state index contributed by atoms with van der Waals surface area (Å²) in [7, 11) is -4.11.